The van der Waals surface area contributed by atoms with Crippen LogP contribution in [0.3, 0.4) is 0 Å². The normalized spacial score (nSPS) is 12.1. The lowest BCUT2D eigenvalue weighted by Gasteiger charge is -2.20. The number of nitrogens with one attached hydrogen (secondary N) is 1. The second kappa shape index (κ2) is 9.37. The van der Waals surface area contributed by atoms with E-state index in [4.69, 9.17) is 17.3 Å². The van der Waals surface area contributed by atoms with Gasteiger partial charge in [-0.2, -0.15) is 0 Å². The highest BCUT2D eigenvalue weighted by atomic mass is 35.5. The molecule has 3 aromatic rings. The van der Waals surface area contributed by atoms with Gasteiger partial charge < -0.3 is 11.1 Å². The fourth-order valence-corrected chi connectivity index (χ4v) is 4.39. The van der Waals surface area contributed by atoms with Crippen LogP contribution in [0, 0.1) is 5.82 Å². The van der Waals surface area contributed by atoms with Crippen LogP contribution in [-0.4, -0.2) is 27.3 Å². The third kappa shape index (κ3) is 4.90. The number of primary amides is 1. The van der Waals surface area contributed by atoms with Crippen LogP contribution < -0.4 is 15.4 Å². The van der Waals surface area contributed by atoms with Crippen molar-refractivity contribution in [3.05, 3.63) is 94.8 Å². The quantitative estimate of drug-likeness (QED) is 0.546. The van der Waals surface area contributed by atoms with Gasteiger partial charge in [-0.25, -0.2) is 12.8 Å². The maximum atomic E-state index is 13.2. The van der Waals surface area contributed by atoms with E-state index in [0.29, 0.717) is 5.56 Å². The summed E-state index contributed by atoms with van der Waals surface area (Å²) in [5.74, 6) is -2.07. The van der Waals surface area contributed by atoms with E-state index in [9.17, 15) is 22.4 Å². The predicted octanol–water partition coefficient (Wildman–Crippen LogP) is 3.26. The first-order chi connectivity index (χ1) is 15.1. The summed E-state index contributed by atoms with van der Waals surface area (Å²) >= 11 is 6.14. The number of nitrogens with two attached hydrogens (primary N) is 1. The lowest BCUT2D eigenvalue weighted by Crippen LogP contribution is -2.37. The monoisotopic (exact) mass is 475 g/mol. The summed E-state index contributed by atoms with van der Waals surface area (Å²) in [7, 11) is -2.79. The molecule has 0 spiro atoms. The van der Waals surface area contributed by atoms with Crippen molar-refractivity contribution in [2.75, 3.05) is 11.4 Å². The smallest absolute Gasteiger partial charge is 0.264 e. The van der Waals surface area contributed by atoms with Crippen molar-refractivity contribution in [1.82, 2.24) is 5.32 Å². The van der Waals surface area contributed by atoms with Gasteiger partial charge in [-0.3, -0.25) is 13.9 Å². The summed E-state index contributed by atoms with van der Waals surface area (Å²) < 4.78 is 40.2. The van der Waals surface area contributed by atoms with E-state index in [1.165, 1.54) is 31.3 Å². The van der Waals surface area contributed by atoms with Crippen LogP contribution in [0.4, 0.5) is 10.1 Å². The molecular weight excluding hydrogens is 457 g/mol. The minimum absolute atomic E-state index is 0.0119. The van der Waals surface area contributed by atoms with Gasteiger partial charge >= 0.3 is 0 Å². The van der Waals surface area contributed by atoms with Gasteiger partial charge in [-0.15, -0.1) is 0 Å². The minimum atomic E-state index is -4.09. The lowest BCUT2D eigenvalue weighted by molar-refractivity contribution is -0.120. The van der Waals surface area contributed by atoms with Gasteiger partial charge in [0.25, 0.3) is 15.9 Å². The number of halogens is 2. The van der Waals surface area contributed by atoms with Crippen molar-refractivity contribution >= 4 is 39.1 Å². The van der Waals surface area contributed by atoms with Gasteiger partial charge in [-0.1, -0.05) is 41.9 Å². The zero-order chi connectivity index (χ0) is 23.5. The van der Waals surface area contributed by atoms with Crippen LogP contribution in [-0.2, 0) is 14.8 Å². The van der Waals surface area contributed by atoms with Gasteiger partial charge in [0.15, 0.2) is 0 Å². The number of nitrogens with zero attached hydrogens (tertiary/aromatic N) is 1. The second-order valence-electron chi connectivity index (χ2n) is 6.81. The largest absolute Gasteiger partial charge is 0.368 e. The maximum Gasteiger partial charge on any atom is 0.264 e. The van der Waals surface area contributed by atoms with E-state index in [-0.39, 0.29) is 21.2 Å². The molecule has 1 atom stereocenters. The summed E-state index contributed by atoms with van der Waals surface area (Å²) in [4.78, 5) is 24.5. The number of benzene rings is 3. The Kier molecular flexibility index (Phi) is 6.81. The van der Waals surface area contributed by atoms with Crippen LogP contribution >= 0.6 is 11.6 Å². The lowest BCUT2D eigenvalue weighted by atomic mass is 10.1. The van der Waals surface area contributed by atoms with Crippen molar-refractivity contribution in [1.29, 1.82) is 0 Å². The molecule has 0 radical (unpaired) electrons. The van der Waals surface area contributed by atoms with Gasteiger partial charge in [0, 0.05) is 7.05 Å². The molecule has 10 heteroatoms. The molecule has 3 aromatic carbocycles. The van der Waals surface area contributed by atoms with E-state index < -0.39 is 33.7 Å². The van der Waals surface area contributed by atoms with Crippen molar-refractivity contribution in [2.45, 2.75) is 10.9 Å². The molecule has 0 aliphatic heterocycles. The number of hydrogen-bond donors (Lipinski definition) is 2. The number of carbonyl (C=O) groups is 2. The Morgan fingerprint density at radius 1 is 1.03 bits per heavy atom. The Labute approximate surface area is 189 Å². The summed E-state index contributed by atoms with van der Waals surface area (Å²) in [6, 6.07) is 15.7. The Bertz CT molecular complexity index is 1250. The molecule has 166 valence electrons. The van der Waals surface area contributed by atoms with E-state index in [2.05, 4.69) is 5.32 Å². The van der Waals surface area contributed by atoms with Gasteiger partial charge in [0.2, 0.25) is 5.91 Å². The number of anilines is 1. The van der Waals surface area contributed by atoms with Crippen LogP contribution in [0.1, 0.15) is 22.0 Å². The molecule has 3 rings (SSSR count). The maximum absolute atomic E-state index is 13.2. The standard InChI is InChI=1S/C22H19ClFN3O4S/c1-27(16-9-7-15(24)8-10-16)32(30,31)17-11-12-19(23)18(13-17)22(29)26-20(21(25)28)14-5-3-2-4-6-14/h2-13,20H,1H3,(H2,25,28)(H,26,29)/t20-/m0/s1. The van der Waals surface area contributed by atoms with Crippen LogP contribution in [0.25, 0.3) is 0 Å². The third-order valence-electron chi connectivity index (χ3n) is 4.72. The molecule has 3 N–H and O–H groups in total. The van der Waals surface area contributed by atoms with Gasteiger partial charge in [0.1, 0.15) is 11.9 Å². The molecule has 7 nitrogen and oxygen atoms in total. The predicted molar refractivity (Wildman–Crippen MR) is 119 cm³/mol. The highest BCUT2D eigenvalue weighted by Gasteiger charge is 2.26. The first-order valence-electron chi connectivity index (χ1n) is 9.30. The molecule has 0 aromatic heterocycles. The van der Waals surface area contributed by atoms with Crippen molar-refractivity contribution in [3.63, 3.8) is 0 Å². The molecule has 0 aliphatic rings. The highest BCUT2D eigenvalue weighted by molar-refractivity contribution is 7.92. The molecular formula is C22H19ClFN3O4S. The number of hydrogen-bond acceptors (Lipinski definition) is 4. The number of carbonyl (C=O) groups excluding carboxylic acids is 2. The zero-order valence-electron chi connectivity index (χ0n) is 16.8. The van der Waals surface area contributed by atoms with Crippen molar-refractivity contribution < 1.29 is 22.4 Å². The average molecular weight is 476 g/mol. The van der Waals surface area contributed by atoms with Crippen molar-refractivity contribution in [2.24, 2.45) is 5.73 Å². The molecule has 0 heterocycles. The molecule has 0 fully saturated rings. The number of rotatable bonds is 7. The highest BCUT2D eigenvalue weighted by Crippen LogP contribution is 2.26. The Morgan fingerprint density at radius 2 is 1.66 bits per heavy atom. The first-order valence-corrected chi connectivity index (χ1v) is 11.1. The molecule has 0 unspecified atom stereocenters. The Morgan fingerprint density at radius 3 is 2.25 bits per heavy atom. The summed E-state index contributed by atoms with van der Waals surface area (Å²) in [5, 5.41) is 2.48. The Hall–Kier alpha value is -3.43. The summed E-state index contributed by atoms with van der Waals surface area (Å²) in [6.45, 7) is 0. The molecule has 2 amide bonds. The summed E-state index contributed by atoms with van der Waals surface area (Å²) in [5.41, 5.74) is 5.97. The van der Waals surface area contributed by atoms with E-state index in [1.807, 2.05) is 0 Å². The molecule has 0 aliphatic carbocycles. The minimum Gasteiger partial charge on any atom is -0.368 e. The second-order valence-corrected chi connectivity index (χ2v) is 9.19. The molecule has 0 bridgehead atoms. The fraction of sp³-hybridized carbons (Fsp3) is 0.0909. The number of amides is 2. The van der Waals surface area contributed by atoms with Crippen LogP contribution in [0.15, 0.2) is 77.7 Å². The SMILES string of the molecule is CN(c1ccc(F)cc1)S(=O)(=O)c1ccc(Cl)c(C(=O)N[C@H](C(N)=O)c2ccccc2)c1. The first kappa shape index (κ1) is 23.2. The third-order valence-corrected chi connectivity index (χ3v) is 6.84. The van der Waals surface area contributed by atoms with Crippen LogP contribution in [0.5, 0.6) is 0 Å². The van der Waals surface area contributed by atoms with E-state index in [1.54, 1.807) is 30.3 Å². The van der Waals surface area contributed by atoms with E-state index >= 15 is 0 Å². The summed E-state index contributed by atoms with van der Waals surface area (Å²) in [6.07, 6.45) is 0. The Balaban J connectivity index is 1.93. The molecule has 0 saturated carbocycles. The molecule has 0 saturated heterocycles. The van der Waals surface area contributed by atoms with Crippen LogP contribution in [0.2, 0.25) is 5.02 Å². The zero-order valence-corrected chi connectivity index (χ0v) is 18.4. The van der Waals surface area contributed by atoms with Gasteiger partial charge in [0.05, 0.1) is 21.2 Å². The van der Waals surface area contributed by atoms with Gasteiger partial charge in [-0.05, 0) is 48.0 Å². The van der Waals surface area contributed by atoms with E-state index in [0.717, 1.165) is 22.5 Å². The van der Waals surface area contributed by atoms with Crippen molar-refractivity contribution in [3.8, 4) is 0 Å². The fourth-order valence-electron chi connectivity index (χ4n) is 2.96. The average Bonchev–Trinajstić information content (AvgIpc) is 2.77. The molecule has 32 heavy (non-hydrogen) atoms. The number of sulfonamides is 1. The topological polar surface area (TPSA) is 110 Å².